The molecule has 2 rings (SSSR count). The minimum Gasteiger partial charge on any atom is -0.485 e. The highest BCUT2D eigenvalue weighted by atomic mass is 79.9. The molecule has 0 aliphatic carbocycles. The second-order valence-corrected chi connectivity index (χ2v) is 5.22. The van der Waals surface area contributed by atoms with Crippen molar-refractivity contribution in [3.05, 3.63) is 51.2 Å². The Hall–Kier alpha value is -1.07. The largest absolute Gasteiger partial charge is 0.485 e. The Balaban J connectivity index is 2.10. The summed E-state index contributed by atoms with van der Waals surface area (Å²) in [7, 11) is 0. The topological polar surface area (TPSA) is 48.1 Å². The van der Waals surface area contributed by atoms with Gasteiger partial charge in [-0.15, -0.1) is 0 Å². The second-order valence-electron chi connectivity index (χ2n) is 3.45. The number of nitrogens with two attached hydrogens (primary N) is 1. The summed E-state index contributed by atoms with van der Waals surface area (Å²) in [5, 5.41) is 0. The van der Waals surface area contributed by atoms with E-state index in [2.05, 4.69) is 36.8 Å². The van der Waals surface area contributed by atoms with E-state index in [0.29, 0.717) is 18.0 Å². The van der Waals surface area contributed by atoms with Gasteiger partial charge < -0.3 is 10.5 Å². The van der Waals surface area contributed by atoms with Crippen molar-refractivity contribution in [1.29, 1.82) is 0 Å². The molecule has 0 amide bonds. The molecule has 0 saturated carbocycles. The van der Waals surface area contributed by atoms with Crippen LogP contribution in [-0.2, 0) is 6.61 Å². The normalized spacial score (nSPS) is 10.2. The molecule has 0 bridgehead atoms. The Bertz CT molecular complexity index is 494. The summed E-state index contributed by atoms with van der Waals surface area (Å²) in [5.41, 5.74) is 7.39. The molecule has 5 heteroatoms. The molecule has 3 nitrogen and oxygen atoms in total. The van der Waals surface area contributed by atoms with Crippen LogP contribution in [0.15, 0.2) is 45.6 Å². The van der Waals surface area contributed by atoms with Crippen molar-refractivity contribution in [2.75, 3.05) is 5.73 Å². The molecular formula is C12H10Br2N2O. The molecular weight excluding hydrogens is 348 g/mol. The Morgan fingerprint density at radius 3 is 2.47 bits per heavy atom. The number of ether oxygens (including phenoxy) is 1. The lowest BCUT2D eigenvalue weighted by Crippen LogP contribution is -2.00. The van der Waals surface area contributed by atoms with Crippen LogP contribution >= 0.6 is 31.9 Å². The van der Waals surface area contributed by atoms with Crippen molar-refractivity contribution in [1.82, 2.24) is 4.98 Å². The van der Waals surface area contributed by atoms with Gasteiger partial charge in [0.15, 0.2) is 5.75 Å². The molecule has 0 radical (unpaired) electrons. The number of benzene rings is 1. The minimum atomic E-state index is 0.472. The van der Waals surface area contributed by atoms with Gasteiger partial charge in [0.2, 0.25) is 0 Å². The van der Waals surface area contributed by atoms with Crippen LogP contribution in [0.5, 0.6) is 5.75 Å². The lowest BCUT2D eigenvalue weighted by Gasteiger charge is -2.10. The van der Waals surface area contributed by atoms with Crippen LogP contribution in [0.25, 0.3) is 0 Å². The maximum atomic E-state index is 5.78. The first-order chi connectivity index (χ1) is 8.16. The van der Waals surface area contributed by atoms with Gasteiger partial charge in [0.25, 0.3) is 0 Å². The number of pyridine rings is 1. The molecule has 17 heavy (non-hydrogen) atoms. The molecule has 0 aliphatic rings. The van der Waals surface area contributed by atoms with Crippen LogP contribution in [0.3, 0.4) is 0 Å². The molecule has 1 aromatic carbocycles. The number of aromatic nitrogens is 1. The number of rotatable bonds is 3. The zero-order valence-electron chi connectivity index (χ0n) is 8.86. The van der Waals surface area contributed by atoms with E-state index in [1.807, 2.05) is 24.3 Å². The van der Waals surface area contributed by atoms with Gasteiger partial charge in [0.1, 0.15) is 6.61 Å². The molecule has 2 N–H and O–H groups in total. The molecule has 0 fully saturated rings. The Labute approximate surface area is 116 Å². The van der Waals surface area contributed by atoms with Crippen LogP contribution in [0.2, 0.25) is 0 Å². The number of hydrogen-bond donors (Lipinski definition) is 1. The molecule has 0 unspecified atom stereocenters. The van der Waals surface area contributed by atoms with Crippen LogP contribution in [-0.4, -0.2) is 4.98 Å². The van der Waals surface area contributed by atoms with Gasteiger partial charge in [-0.3, -0.25) is 4.98 Å². The lowest BCUT2D eigenvalue weighted by molar-refractivity contribution is 0.305. The molecule has 1 aromatic heterocycles. The van der Waals surface area contributed by atoms with Gasteiger partial charge in [0.05, 0.1) is 16.4 Å². The highest BCUT2D eigenvalue weighted by Gasteiger charge is 2.06. The third-order valence-electron chi connectivity index (χ3n) is 2.18. The Kier molecular flexibility index (Phi) is 4.02. The van der Waals surface area contributed by atoms with Gasteiger partial charge in [-0.1, -0.05) is 28.1 Å². The predicted octanol–water partition coefficient (Wildman–Crippen LogP) is 3.77. The van der Waals surface area contributed by atoms with E-state index >= 15 is 0 Å². The van der Waals surface area contributed by atoms with Gasteiger partial charge >= 0.3 is 0 Å². The summed E-state index contributed by atoms with van der Waals surface area (Å²) in [5.74, 6) is 0.628. The van der Waals surface area contributed by atoms with Crippen molar-refractivity contribution in [3.8, 4) is 5.75 Å². The van der Waals surface area contributed by atoms with E-state index in [9.17, 15) is 0 Å². The highest BCUT2D eigenvalue weighted by molar-refractivity contribution is 9.10. The van der Waals surface area contributed by atoms with Crippen molar-refractivity contribution >= 4 is 37.5 Å². The standard InChI is InChI=1S/C12H10Br2N2O/c13-9-3-1-8(2-4-9)7-17-12-10(14)5-16-6-11(12)15/h1-6H,7,15H2. The molecule has 0 saturated heterocycles. The fourth-order valence-electron chi connectivity index (χ4n) is 1.33. The molecule has 88 valence electrons. The van der Waals surface area contributed by atoms with Crippen molar-refractivity contribution in [2.45, 2.75) is 6.61 Å². The van der Waals surface area contributed by atoms with Gasteiger partial charge in [0, 0.05) is 10.7 Å². The zero-order chi connectivity index (χ0) is 12.3. The van der Waals surface area contributed by atoms with Crippen molar-refractivity contribution in [3.63, 3.8) is 0 Å². The van der Waals surface area contributed by atoms with Crippen LogP contribution < -0.4 is 10.5 Å². The van der Waals surface area contributed by atoms with E-state index in [1.54, 1.807) is 12.4 Å². The van der Waals surface area contributed by atoms with E-state index in [0.717, 1.165) is 14.5 Å². The van der Waals surface area contributed by atoms with Crippen LogP contribution in [0.4, 0.5) is 5.69 Å². The number of anilines is 1. The first-order valence-corrected chi connectivity index (χ1v) is 6.51. The van der Waals surface area contributed by atoms with Crippen LogP contribution in [0.1, 0.15) is 5.56 Å². The fourth-order valence-corrected chi connectivity index (χ4v) is 2.05. The SMILES string of the molecule is Nc1cncc(Br)c1OCc1ccc(Br)cc1. The summed E-state index contributed by atoms with van der Waals surface area (Å²) in [6.07, 6.45) is 3.23. The Morgan fingerprint density at radius 1 is 1.12 bits per heavy atom. The maximum absolute atomic E-state index is 5.78. The summed E-state index contributed by atoms with van der Waals surface area (Å²) in [4.78, 5) is 3.95. The summed E-state index contributed by atoms with van der Waals surface area (Å²) in [6.45, 7) is 0.472. The van der Waals surface area contributed by atoms with Gasteiger partial charge in [-0.05, 0) is 33.6 Å². The summed E-state index contributed by atoms with van der Waals surface area (Å²) in [6, 6.07) is 7.94. The summed E-state index contributed by atoms with van der Waals surface area (Å²) >= 11 is 6.75. The second kappa shape index (κ2) is 5.51. The molecule has 1 heterocycles. The first-order valence-electron chi connectivity index (χ1n) is 4.93. The van der Waals surface area contributed by atoms with Crippen LogP contribution in [0, 0.1) is 0 Å². The number of nitrogen functional groups attached to an aromatic ring is 1. The number of hydrogen-bond acceptors (Lipinski definition) is 3. The molecule has 0 spiro atoms. The van der Waals surface area contributed by atoms with E-state index in [4.69, 9.17) is 10.5 Å². The maximum Gasteiger partial charge on any atom is 0.160 e. The lowest BCUT2D eigenvalue weighted by atomic mass is 10.2. The molecule has 0 aliphatic heterocycles. The van der Waals surface area contributed by atoms with Crippen molar-refractivity contribution < 1.29 is 4.74 Å². The third-order valence-corrected chi connectivity index (χ3v) is 3.27. The molecule has 2 aromatic rings. The van der Waals surface area contributed by atoms with Gasteiger partial charge in [-0.2, -0.15) is 0 Å². The van der Waals surface area contributed by atoms with E-state index in [1.165, 1.54) is 0 Å². The average molecular weight is 358 g/mol. The third kappa shape index (κ3) is 3.20. The quantitative estimate of drug-likeness (QED) is 0.909. The number of halogens is 2. The predicted molar refractivity (Wildman–Crippen MR) is 74.8 cm³/mol. The minimum absolute atomic E-state index is 0.472. The highest BCUT2D eigenvalue weighted by Crippen LogP contribution is 2.30. The molecule has 0 atom stereocenters. The smallest absolute Gasteiger partial charge is 0.160 e. The van der Waals surface area contributed by atoms with E-state index in [-0.39, 0.29) is 0 Å². The van der Waals surface area contributed by atoms with Gasteiger partial charge in [-0.25, -0.2) is 0 Å². The number of nitrogens with zero attached hydrogens (tertiary/aromatic N) is 1. The fraction of sp³-hybridized carbons (Fsp3) is 0.0833. The average Bonchev–Trinajstić information content (AvgIpc) is 2.31. The summed E-state index contributed by atoms with van der Waals surface area (Å²) < 4.78 is 7.47. The monoisotopic (exact) mass is 356 g/mol. The zero-order valence-corrected chi connectivity index (χ0v) is 12.0. The first kappa shape index (κ1) is 12.4. The Morgan fingerprint density at radius 2 is 1.82 bits per heavy atom. The van der Waals surface area contributed by atoms with Crippen molar-refractivity contribution in [2.24, 2.45) is 0 Å². The van der Waals surface area contributed by atoms with E-state index < -0.39 is 0 Å².